The van der Waals surface area contributed by atoms with Gasteiger partial charge in [-0.25, -0.2) is 8.42 Å². The van der Waals surface area contributed by atoms with Gasteiger partial charge in [0.1, 0.15) is 6.54 Å². The molecule has 6 heteroatoms. The quantitative estimate of drug-likeness (QED) is 0.601. The molecule has 1 heterocycles. The number of nitrogens with zero attached hydrogens (tertiary/aromatic N) is 1. The van der Waals surface area contributed by atoms with E-state index in [-0.39, 0.29) is 17.3 Å². The Morgan fingerprint density at radius 2 is 1.68 bits per heavy atom. The van der Waals surface area contributed by atoms with Gasteiger partial charge in [-0.3, -0.25) is 9.10 Å². The van der Waals surface area contributed by atoms with Crippen LogP contribution in [0.1, 0.15) is 37.8 Å². The Bertz CT molecular complexity index is 1230. The number of amides is 1. The topological polar surface area (TPSA) is 66.5 Å². The zero-order chi connectivity index (χ0) is 22.2. The van der Waals surface area contributed by atoms with E-state index in [0.29, 0.717) is 22.9 Å². The highest BCUT2D eigenvalue weighted by molar-refractivity contribution is 7.93. The number of carbonyl (C=O) groups is 1. The van der Waals surface area contributed by atoms with Crippen molar-refractivity contribution in [3.63, 3.8) is 0 Å². The summed E-state index contributed by atoms with van der Waals surface area (Å²) in [5, 5.41) is 2.83. The molecule has 1 aliphatic rings. The molecule has 160 valence electrons. The predicted octanol–water partition coefficient (Wildman–Crippen LogP) is 5.19. The number of nitrogens with one attached hydrogen (secondary N) is 1. The van der Waals surface area contributed by atoms with Crippen LogP contribution >= 0.6 is 0 Å². The molecular weight excluding hydrogens is 408 g/mol. The Morgan fingerprint density at radius 3 is 2.35 bits per heavy atom. The average Bonchev–Trinajstić information content (AvgIpc) is 2.77. The van der Waals surface area contributed by atoms with E-state index in [9.17, 15) is 13.2 Å². The highest BCUT2D eigenvalue weighted by Gasteiger charge is 2.35. The van der Waals surface area contributed by atoms with E-state index < -0.39 is 10.0 Å². The summed E-state index contributed by atoms with van der Waals surface area (Å²) >= 11 is 0. The molecule has 0 aliphatic carbocycles. The number of hydrogen-bond donors (Lipinski definition) is 1. The molecule has 1 N–H and O–H groups in total. The summed E-state index contributed by atoms with van der Waals surface area (Å²) in [6.07, 6.45) is 0.842. The predicted molar refractivity (Wildman–Crippen MR) is 125 cm³/mol. The molecule has 31 heavy (non-hydrogen) atoms. The molecule has 0 radical (unpaired) electrons. The third-order valence-electron chi connectivity index (χ3n) is 5.63. The Kier molecular flexibility index (Phi) is 5.58. The summed E-state index contributed by atoms with van der Waals surface area (Å²) < 4.78 is 28.0. The van der Waals surface area contributed by atoms with Gasteiger partial charge in [-0.05, 0) is 53.8 Å². The molecule has 0 unspecified atom stereocenters. The second-order valence-corrected chi connectivity index (χ2v) is 9.87. The van der Waals surface area contributed by atoms with Gasteiger partial charge in [-0.1, -0.05) is 57.2 Å². The van der Waals surface area contributed by atoms with Gasteiger partial charge in [0.15, 0.2) is 0 Å². The lowest BCUT2D eigenvalue weighted by Gasteiger charge is -2.32. The summed E-state index contributed by atoms with van der Waals surface area (Å²) in [4.78, 5) is 13.0. The van der Waals surface area contributed by atoms with Crippen LogP contribution in [0.3, 0.4) is 0 Å². The molecule has 0 fully saturated rings. The molecule has 0 atom stereocenters. The molecular formula is C25H26N2O3S. The van der Waals surface area contributed by atoms with E-state index in [1.807, 2.05) is 48.5 Å². The van der Waals surface area contributed by atoms with Crippen molar-refractivity contribution in [2.24, 2.45) is 0 Å². The molecule has 4 rings (SSSR count). The van der Waals surface area contributed by atoms with Gasteiger partial charge in [-0.2, -0.15) is 0 Å². The van der Waals surface area contributed by atoms with Crippen LogP contribution in [0.25, 0.3) is 11.1 Å². The number of aryl methyl sites for hydroxylation is 1. The monoisotopic (exact) mass is 434 g/mol. The summed E-state index contributed by atoms with van der Waals surface area (Å²) in [7, 11) is -3.85. The molecule has 0 saturated carbocycles. The number of hydrogen-bond acceptors (Lipinski definition) is 3. The second-order valence-electron chi connectivity index (χ2n) is 8.04. The Balaban J connectivity index is 1.67. The lowest BCUT2D eigenvalue weighted by molar-refractivity contribution is -0.114. The molecule has 5 nitrogen and oxygen atoms in total. The smallest absolute Gasteiger partial charge is 0.265 e. The summed E-state index contributed by atoms with van der Waals surface area (Å²) in [5.74, 6) is 0.0126. The Labute approximate surface area is 183 Å². The number of rotatable bonds is 5. The number of benzene rings is 3. The number of fused-ring (bicyclic) bond motifs is 3. The standard InChI is InChI=1S/C25H26N2O3S/c1-4-18-9-14-23-22(15-18)21-7-5-6-8-24(21)31(29,30)27(23)16-25(28)26-20-12-10-19(11-13-20)17(2)3/h5-15,17H,4,16H2,1-3H3,(H,26,28). The minimum absolute atomic E-state index is 0.227. The SMILES string of the molecule is CCc1ccc2c(c1)-c1ccccc1S(=O)(=O)N2CC(=O)Nc1ccc(C(C)C)cc1. The van der Waals surface area contributed by atoms with Crippen molar-refractivity contribution in [2.75, 3.05) is 16.2 Å². The molecule has 0 spiro atoms. The van der Waals surface area contributed by atoms with Gasteiger partial charge in [0.05, 0.1) is 10.6 Å². The Morgan fingerprint density at radius 1 is 0.968 bits per heavy atom. The molecule has 0 saturated heterocycles. The fourth-order valence-electron chi connectivity index (χ4n) is 3.85. The van der Waals surface area contributed by atoms with Gasteiger partial charge in [0.2, 0.25) is 5.91 Å². The van der Waals surface area contributed by atoms with Crippen molar-refractivity contribution in [3.8, 4) is 11.1 Å². The third-order valence-corrected chi connectivity index (χ3v) is 7.45. The average molecular weight is 435 g/mol. The zero-order valence-electron chi connectivity index (χ0n) is 17.9. The van der Waals surface area contributed by atoms with Crippen molar-refractivity contribution >= 4 is 27.3 Å². The summed E-state index contributed by atoms with van der Waals surface area (Å²) in [5.41, 5.74) is 4.97. The van der Waals surface area contributed by atoms with Crippen LogP contribution in [0.5, 0.6) is 0 Å². The molecule has 0 aromatic heterocycles. The molecule has 3 aromatic rings. The van der Waals surface area contributed by atoms with Crippen LogP contribution in [0.2, 0.25) is 0 Å². The number of anilines is 2. The van der Waals surface area contributed by atoms with Crippen LogP contribution in [0, 0.1) is 0 Å². The van der Waals surface area contributed by atoms with E-state index in [1.165, 1.54) is 9.87 Å². The van der Waals surface area contributed by atoms with Crippen LogP contribution < -0.4 is 9.62 Å². The van der Waals surface area contributed by atoms with Crippen molar-refractivity contribution in [1.29, 1.82) is 0 Å². The van der Waals surface area contributed by atoms with Crippen LogP contribution in [0.4, 0.5) is 11.4 Å². The van der Waals surface area contributed by atoms with E-state index in [1.54, 1.807) is 18.2 Å². The maximum Gasteiger partial charge on any atom is 0.265 e. The summed E-state index contributed by atoms with van der Waals surface area (Å²) in [6.45, 7) is 5.98. The first-order chi connectivity index (χ1) is 14.8. The van der Waals surface area contributed by atoms with Crippen LogP contribution in [-0.4, -0.2) is 20.9 Å². The van der Waals surface area contributed by atoms with Crippen LogP contribution in [-0.2, 0) is 21.2 Å². The fraction of sp³-hybridized carbons (Fsp3) is 0.240. The lowest BCUT2D eigenvalue weighted by atomic mass is 9.99. The van der Waals surface area contributed by atoms with Gasteiger partial charge in [0, 0.05) is 16.8 Å². The summed E-state index contributed by atoms with van der Waals surface area (Å²) in [6, 6.07) is 20.3. The van der Waals surface area contributed by atoms with Gasteiger partial charge < -0.3 is 5.32 Å². The number of carbonyl (C=O) groups excluding carboxylic acids is 1. The highest BCUT2D eigenvalue weighted by Crippen LogP contribution is 2.43. The van der Waals surface area contributed by atoms with E-state index in [4.69, 9.17) is 0 Å². The van der Waals surface area contributed by atoms with E-state index in [2.05, 4.69) is 26.1 Å². The van der Waals surface area contributed by atoms with Crippen molar-refractivity contribution in [1.82, 2.24) is 0 Å². The first-order valence-electron chi connectivity index (χ1n) is 10.5. The molecule has 1 amide bonds. The van der Waals surface area contributed by atoms with Gasteiger partial charge in [0.25, 0.3) is 10.0 Å². The Hall–Kier alpha value is -3.12. The van der Waals surface area contributed by atoms with Gasteiger partial charge >= 0.3 is 0 Å². The molecule has 0 bridgehead atoms. The minimum atomic E-state index is -3.85. The maximum atomic E-state index is 13.4. The third kappa shape index (κ3) is 3.95. The van der Waals surface area contributed by atoms with Crippen molar-refractivity contribution < 1.29 is 13.2 Å². The fourth-order valence-corrected chi connectivity index (χ4v) is 5.50. The van der Waals surface area contributed by atoms with Crippen molar-refractivity contribution in [3.05, 3.63) is 77.9 Å². The second kappa shape index (κ2) is 8.19. The van der Waals surface area contributed by atoms with Gasteiger partial charge in [-0.15, -0.1) is 0 Å². The first kappa shape index (κ1) is 21.1. The highest BCUT2D eigenvalue weighted by atomic mass is 32.2. The lowest BCUT2D eigenvalue weighted by Crippen LogP contribution is -2.40. The zero-order valence-corrected chi connectivity index (χ0v) is 18.7. The largest absolute Gasteiger partial charge is 0.325 e. The molecule has 1 aliphatic heterocycles. The van der Waals surface area contributed by atoms with E-state index >= 15 is 0 Å². The number of sulfonamides is 1. The minimum Gasteiger partial charge on any atom is -0.325 e. The van der Waals surface area contributed by atoms with Crippen LogP contribution in [0.15, 0.2) is 71.6 Å². The van der Waals surface area contributed by atoms with Crippen molar-refractivity contribution in [2.45, 2.75) is 38.0 Å². The normalized spacial score (nSPS) is 14.1. The molecule has 3 aromatic carbocycles. The van der Waals surface area contributed by atoms with E-state index in [0.717, 1.165) is 17.5 Å². The maximum absolute atomic E-state index is 13.4. The first-order valence-corrected chi connectivity index (χ1v) is 11.9.